The molecule has 2 aromatic heterocycles. The number of benzene rings is 2. The van der Waals surface area contributed by atoms with Crippen LogP contribution in [-0.4, -0.2) is 32.3 Å². The fourth-order valence-corrected chi connectivity index (χ4v) is 3.22. The van der Waals surface area contributed by atoms with Crippen molar-refractivity contribution in [1.82, 2.24) is 25.2 Å². The minimum Gasteiger partial charge on any atom is -0.494 e. The molecule has 8 heteroatoms. The first-order valence-corrected chi connectivity index (χ1v) is 10.6. The molecule has 2 aromatic carbocycles. The zero-order valence-corrected chi connectivity index (χ0v) is 18.4. The third-order valence-electron chi connectivity index (χ3n) is 5.28. The van der Waals surface area contributed by atoms with E-state index in [0.29, 0.717) is 29.0 Å². The van der Waals surface area contributed by atoms with Crippen LogP contribution in [0.4, 0.5) is 5.82 Å². The van der Waals surface area contributed by atoms with Gasteiger partial charge in [0.2, 0.25) is 0 Å². The molecule has 0 aliphatic rings. The molecule has 0 unspecified atom stereocenters. The molecule has 0 bridgehead atoms. The highest BCUT2D eigenvalue weighted by atomic mass is 16.5. The molecule has 4 rings (SSSR count). The van der Waals surface area contributed by atoms with Crippen molar-refractivity contribution >= 4 is 22.8 Å². The summed E-state index contributed by atoms with van der Waals surface area (Å²) in [7, 11) is 0. The van der Waals surface area contributed by atoms with E-state index < -0.39 is 0 Å². The Morgan fingerprint density at radius 1 is 1.06 bits per heavy atom. The molecule has 0 saturated heterocycles. The quantitative estimate of drug-likeness (QED) is 0.318. The summed E-state index contributed by atoms with van der Waals surface area (Å²) in [6, 6.07) is 13.2. The lowest BCUT2D eigenvalue weighted by molar-refractivity contribution is 0.0962. The van der Waals surface area contributed by atoms with Gasteiger partial charge in [0, 0.05) is 5.56 Å². The van der Waals surface area contributed by atoms with Crippen LogP contribution in [0.5, 0.6) is 5.75 Å². The highest BCUT2D eigenvalue weighted by Gasteiger charge is 2.13. The lowest BCUT2D eigenvalue weighted by Crippen LogP contribution is -2.29. The Morgan fingerprint density at radius 3 is 2.62 bits per heavy atom. The van der Waals surface area contributed by atoms with Crippen molar-refractivity contribution in [2.45, 2.75) is 33.6 Å². The maximum atomic E-state index is 12.5. The molecule has 164 valence electrons. The van der Waals surface area contributed by atoms with E-state index in [1.165, 1.54) is 17.5 Å². The molecule has 4 aromatic rings. The van der Waals surface area contributed by atoms with E-state index in [2.05, 4.69) is 58.8 Å². The summed E-state index contributed by atoms with van der Waals surface area (Å²) in [5, 5.41) is 5.17. The number of hydrogen-bond donors (Lipinski definition) is 2. The summed E-state index contributed by atoms with van der Waals surface area (Å²) < 4.78 is 7.40. The average Bonchev–Trinajstić information content (AvgIpc) is 3.25. The molecule has 2 N–H and O–H groups in total. The normalized spacial score (nSPS) is 10.8. The van der Waals surface area contributed by atoms with Crippen molar-refractivity contribution in [3.63, 3.8) is 0 Å². The summed E-state index contributed by atoms with van der Waals surface area (Å²) in [5.74, 6) is 0.940. The number of carbonyl (C=O) groups excluding carboxylic acids is 1. The number of nitrogens with zero attached hydrogens (tertiary/aromatic N) is 4. The van der Waals surface area contributed by atoms with Gasteiger partial charge < -0.3 is 4.74 Å². The molecule has 0 saturated carbocycles. The van der Waals surface area contributed by atoms with Crippen molar-refractivity contribution in [2.75, 3.05) is 12.0 Å². The van der Waals surface area contributed by atoms with Gasteiger partial charge in [0.05, 0.1) is 23.9 Å². The number of aryl methyl sites for hydroxylation is 2. The molecule has 32 heavy (non-hydrogen) atoms. The first-order chi connectivity index (χ1) is 15.6. The van der Waals surface area contributed by atoms with Crippen LogP contribution < -0.4 is 15.6 Å². The summed E-state index contributed by atoms with van der Waals surface area (Å²) in [6.45, 7) is 6.92. The number of nitrogens with one attached hydrogen (secondary N) is 2. The standard InChI is InChI=1S/C24H26N6O2/c1-4-5-12-32-20-10-7-18(8-11-20)24(31)29-28-22-21-14-27-30(23(21)26-15-25-22)19-9-6-16(2)17(3)13-19/h6-11,13-15H,4-5,12H2,1-3H3,(H,29,31)(H,25,26,28). The minimum atomic E-state index is -0.279. The number of fused-ring (bicyclic) bond motifs is 1. The van der Waals surface area contributed by atoms with Crippen molar-refractivity contribution in [3.05, 3.63) is 71.7 Å². The number of unbranched alkanes of at least 4 members (excludes halogenated alkanes) is 1. The number of ether oxygens (including phenoxy) is 1. The van der Waals surface area contributed by atoms with E-state index >= 15 is 0 Å². The topological polar surface area (TPSA) is 94.0 Å². The number of hydrazine groups is 1. The molecule has 1 amide bonds. The first kappa shape index (κ1) is 21.3. The summed E-state index contributed by atoms with van der Waals surface area (Å²) >= 11 is 0. The van der Waals surface area contributed by atoms with Gasteiger partial charge in [-0.15, -0.1) is 0 Å². The van der Waals surface area contributed by atoms with Gasteiger partial charge in [-0.05, 0) is 67.8 Å². The zero-order chi connectivity index (χ0) is 22.5. The fourth-order valence-electron chi connectivity index (χ4n) is 3.22. The Labute approximate surface area is 186 Å². The Kier molecular flexibility index (Phi) is 6.30. The Balaban J connectivity index is 1.47. The fraction of sp³-hybridized carbons (Fsp3) is 0.250. The number of aromatic nitrogens is 4. The number of carbonyl (C=O) groups is 1. The van der Waals surface area contributed by atoms with Gasteiger partial charge in [-0.3, -0.25) is 15.6 Å². The lowest BCUT2D eigenvalue weighted by Gasteiger charge is -2.10. The maximum Gasteiger partial charge on any atom is 0.269 e. The zero-order valence-electron chi connectivity index (χ0n) is 18.4. The average molecular weight is 431 g/mol. The minimum absolute atomic E-state index is 0.279. The van der Waals surface area contributed by atoms with Crippen molar-refractivity contribution in [1.29, 1.82) is 0 Å². The van der Waals surface area contributed by atoms with Gasteiger partial charge in [-0.25, -0.2) is 14.6 Å². The van der Waals surface area contributed by atoms with Crippen LogP contribution >= 0.6 is 0 Å². The number of amides is 1. The van der Waals surface area contributed by atoms with Crippen LogP contribution in [0.3, 0.4) is 0 Å². The highest BCUT2D eigenvalue weighted by Crippen LogP contribution is 2.22. The number of rotatable bonds is 8. The smallest absolute Gasteiger partial charge is 0.269 e. The molecule has 0 spiro atoms. The third-order valence-corrected chi connectivity index (χ3v) is 5.28. The van der Waals surface area contributed by atoms with E-state index in [-0.39, 0.29) is 5.91 Å². The van der Waals surface area contributed by atoms with E-state index in [9.17, 15) is 4.79 Å². The van der Waals surface area contributed by atoms with Crippen LogP contribution in [0.25, 0.3) is 16.7 Å². The van der Waals surface area contributed by atoms with Gasteiger partial charge in [0.15, 0.2) is 11.5 Å². The van der Waals surface area contributed by atoms with Crippen molar-refractivity contribution in [2.24, 2.45) is 0 Å². The lowest BCUT2D eigenvalue weighted by atomic mass is 10.1. The first-order valence-electron chi connectivity index (χ1n) is 10.6. The molecule has 0 aliphatic heterocycles. The molecule has 2 heterocycles. The Hall–Kier alpha value is -3.94. The van der Waals surface area contributed by atoms with Crippen LogP contribution in [0.2, 0.25) is 0 Å². The second kappa shape index (κ2) is 9.47. The Morgan fingerprint density at radius 2 is 1.88 bits per heavy atom. The molecule has 0 atom stereocenters. The molecule has 0 aliphatic carbocycles. The van der Waals surface area contributed by atoms with E-state index in [4.69, 9.17) is 4.74 Å². The van der Waals surface area contributed by atoms with Crippen molar-refractivity contribution < 1.29 is 9.53 Å². The summed E-state index contributed by atoms with van der Waals surface area (Å²) in [4.78, 5) is 21.2. The third kappa shape index (κ3) is 4.54. The van der Waals surface area contributed by atoms with Crippen LogP contribution in [0.1, 0.15) is 41.3 Å². The van der Waals surface area contributed by atoms with Crippen LogP contribution in [-0.2, 0) is 0 Å². The Bertz CT molecular complexity index is 1230. The number of hydrogen-bond acceptors (Lipinski definition) is 6. The van der Waals surface area contributed by atoms with Gasteiger partial charge in [0.25, 0.3) is 5.91 Å². The molecular formula is C24H26N6O2. The summed E-state index contributed by atoms with van der Waals surface area (Å²) in [6.07, 6.45) is 5.20. The largest absolute Gasteiger partial charge is 0.494 e. The predicted octanol–water partition coefficient (Wildman–Crippen LogP) is 4.37. The second-order valence-electron chi connectivity index (χ2n) is 7.59. The van der Waals surface area contributed by atoms with E-state index in [1.807, 2.05) is 6.07 Å². The van der Waals surface area contributed by atoms with Gasteiger partial charge in [-0.2, -0.15) is 5.10 Å². The monoisotopic (exact) mass is 430 g/mol. The van der Waals surface area contributed by atoms with Crippen molar-refractivity contribution in [3.8, 4) is 11.4 Å². The predicted molar refractivity (Wildman–Crippen MR) is 124 cm³/mol. The van der Waals surface area contributed by atoms with Gasteiger partial charge in [-0.1, -0.05) is 19.4 Å². The molecule has 0 radical (unpaired) electrons. The highest BCUT2D eigenvalue weighted by molar-refractivity contribution is 5.96. The molecule has 8 nitrogen and oxygen atoms in total. The van der Waals surface area contributed by atoms with E-state index in [0.717, 1.165) is 24.3 Å². The maximum absolute atomic E-state index is 12.5. The van der Waals surface area contributed by atoms with Crippen LogP contribution in [0.15, 0.2) is 55.0 Å². The molecular weight excluding hydrogens is 404 g/mol. The van der Waals surface area contributed by atoms with E-state index in [1.54, 1.807) is 35.1 Å². The molecule has 0 fully saturated rings. The van der Waals surface area contributed by atoms with Gasteiger partial charge in [0.1, 0.15) is 12.1 Å². The van der Waals surface area contributed by atoms with Gasteiger partial charge >= 0.3 is 0 Å². The number of anilines is 1. The second-order valence-corrected chi connectivity index (χ2v) is 7.59. The SMILES string of the molecule is CCCCOc1ccc(C(=O)NNc2ncnc3c2cnn3-c2ccc(C)c(C)c2)cc1. The summed E-state index contributed by atoms with van der Waals surface area (Å²) in [5.41, 5.74) is 10.0. The van der Waals surface area contributed by atoms with Crippen LogP contribution in [0, 0.1) is 13.8 Å².